The number of ether oxygens (including phenoxy) is 1. The van der Waals surface area contributed by atoms with Crippen molar-refractivity contribution in [1.29, 1.82) is 0 Å². The first-order valence-electron chi connectivity index (χ1n) is 9.84. The Morgan fingerprint density at radius 1 is 1.00 bits per heavy atom. The van der Waals surface area contributed by atoms with Crippen molar-refractivity contribution in [2.75, 3.05) is 6.61 Å². The van der Waals surface area contributed by atoms with Gasteiger partial charge in [-0.3, -0.25) is 4.79 Å². The summed E-state index contributed by atoms with van der Waals surface area (Å²) < 4.78 is 22.5. The van der Waals surface area contributed by atoms with Crippen molar-refractivity contribution in [2.24, 2.45) is 0 Å². The van der Waals surface area contributed by atoms with Gasteiger partial charge in [-0.2, -0.15) is 0 Å². The van der Waals surface area contributed by atoms with Gasteiger partial charge < -0.3 is 9.30 Å². The van der Waals surface area contributed by atoms with Crippen LogP contribution in [-0.2, 0) is 4.74 Å². The van der Waals surface area contributed by atoms with Crippen LogP contribution >= 0.6 is 0 Å². The van der Waals surface area contributed by atoms with E-state index in [0.29, 0.717) is 33.8 Å². The highest BCUT2D eigenvalue weighted by Crippen LogP contribution is 2.23. The molecule has 2 aromatic heterocycles. The van der Waals surface area contributed by atoms with Crippen LogP contribution in [0.1, 0.15) is 37.7 Å². The zero-order chi connectivity index (χ0) is 22.8. The van der Waals surface area contributed by atoms with E-state index in [1.54, 1.807) is 60.9 Å². The van der Waals surface area contributed by atoms with Crippen molar-refractivity contribution in [3.8, 4) is 11.4 Å². The molecule has 0 N–H and O–H groups in total. The number of aryl methyl sites for hydroxylation is 2. The minimum atomic E-state index is -0.615. The van der Waals surface area contributed by atoms with Gasteiger partial charge in [0.25, 0.3) is 0 Å². The molecule has 0 spiro atoms. The lowest BCUT2D eigenvalue weighted by Gasteiger charge is -2.11. The number of hydrogen-bond donors (Lipinski definition) is 0. The molecule has 162 valence electrons. The Balaban J connectivity index is 1.46. The number of hydrogen-bond acceptors (Lipinski definition) is 6. The van der Waals surface area contributed by atoms with Gasteiger partial charge in [-0.25, -0.2) is 13.9 Å². The van der Waals surface area contributed by atoms with Gasteiger partial charge in [-0.05, 0) is 79.2 Å². The van der Waals surface area contributed by atoms with Crippen molar-refractivity contribution in [2.45, 2.75) is 20.8 Å². The van der Waals surface area contributed by atoms with E-state index in [1.807, 2.05) is 6.92 Å². The SMILES string of the molecule is Cc1ccc(-n2c(C)cc(C(=O)COC(=O)c3ccc(-n4cnnn4)cc3)c2C)cc1F. The monoisotopic (exact) mass is 433 g/mol. The van der Waals surface area contributed by atoms with Gasteiger partial charge in [0.1, 0.15) is 12.1 Å². The molecule has 0 saturated heterocycles. The predicted molar refractivity (Wildman–Crippen MR) is 114 cm³/mol. The van der Waals surface area contributed by atoms with E-state index in [1.165, 1.54) is 17.1 Å². The number of esters is 1. The average Bonchev–Trinajstić information content (AvgIpc) is 3.42. The first kappa shape index (κ1) is 21.1. The van der Waals surface area contributed by atoms with Gasteiger partial charge in [0.2, 0.25) is 5.78 Å². The largest absolute Gasteiger partial charge is 0.454 e. The van der Waals surface area contributed by atoms with E-state index >= 15 is 0 Å². The maximum atomic E-state index is 14.0. The molecule has 0 radical (unpaired) electrons. The molecule has 2 aromatic carbocycles. The fraction of sp³-hybridized carbons (Fsp3) is 0.174. The Labute approximate surface area is 183 Å². The number of aromatic nitrogens is 5. The van der Waals surface area contributed by atoms with Gasteiger partial charge in [0.05, 0.1) is 11.3 Å². The second-order valence-corrected chi connectivity index (χ2v) is 7.35. The van der Waals surface area contributed by atoms with E-state index in [-0.39, 0.29) is 11.6 Å². The van der Waals surface area contributed by atoms with E-state index in [2.05, 4.69) is 15.5 Å². The molecule has 0 atom stereocenters. The molecule has 0 bridgehead atoms. The zero-order valence-corrected chi connectivity index (χ0v) is 17.7. The lowest BCUT2D eigenvalue weighted by Crippen LogP contribution is -2.15. The van der Waals surface area contributed by atoms with E-state index in [4.69, 9.17) is 4.74 Å². The number of ketones is 1. The Kier molecular flexibility index (Phi) is 5.63. The molecule has 4 aromatic rings. The van der Waals surface area contributed by atoms with Crippen LogP contribution in [0.4, 0.5) is 4.39 Å². The molecule has 0 fully saturated rings. The summed E-state index contributed by atoms with van der Waals surface area (Å²) in [6.45, 7) is 4.90. The number of Topliss-reactive ketones (excluding diaryl/α,β-unsaturated/α-hetero) is 1. The van der Waals surface area contributed by atoms with Crippen LogP contribution in [-0.4, -0.2) is 43.1 Å². The highest BCUT2D eigenvalue weighted by atomic mass is 19.1. The predicted octanol–water partition coefficient (Wildman–Crippen LogP) is 3.56. The fourth-order valence-electron chi connectivity index (χ4n) is 3.49. The number of halogens is 1. The van der Waals surface area contributed by atoms with E-state index in [0.717, 1.165) is 5.69 Å². The minimum Gasteiger partial charge on any atom is -0.454 e. The molecule has 0 aliphatic rings. The fourth-order valence-corrected chi connectivity index (χ4v) is 3.49. The van der Waals surface area contributed by atoms with Crippen molar-refractivity contribution in [1.82, 2.24) is 24.8 Å². The second kappa shape index (κ2) is 8.54. The molecule has 0 aliphatic heterocycles. The van der Waals surface area contributed by atoms with Crippen molar-refractivity contribution >= 4 is 11.8 Å². The summed E-state index contributed by atoms with van der Waals surface area (Å²) in [4.78, 5) is 25.1. The number of rotatable bonds is 6. The third-order valence-electron chi connectivity index (χ3n) is 5.20. The Hall–Kier alpha value is -4.14. The van der Waals surface area contributed by atoms with Gasteiger partial charge in [-0.1, -0.05) is 6.07 Å². The highest BCUT2D eigenvalue weighted by molar-refractivity contribution is 6.00. The Morgan fingerprint density at radius 2 is 1.72 bits per heavy atom. The summed E-state index contributed by atoms with van der Waals surface area (Å²) in [5.41, 5.74) is 4.01. The number of benzene rings is 2. The maximum absolute atomic E-state index is 14.0. The third kappa shape index (κ3) is 4.04. The van der Waals surface area contributed by atoms with Gasteiger partial charge in [0, 0.05) is 22.6 Å². The first-order valence-corrected chi connectivity index (χ1v) is 9.84. The molecule has 0 saturated carbocycles. The number of carbonyl (C=O) groups excluding carboxylic acids is 2. The van der Waals surface area contributed by atoms with Gasteiger partial charge in [-0.15, -0.1) is 5.10 Å². The van der Waals surface area contributed by atoms with Crippen LogP contribution in [0.2, 0.25) is 0 Å². The standard InChI is InChI=1S/C23H20FN5O3/c1-14-4-7-19(11-21(14)24)29-15(2)10-20(16(29)3)22(30)12-32-23(31)17-5-8-18(9-6-17)28-13-25-26-27-28/h4-11,13H,12H2,1-3H3. The molecule has 4 rings (SSSR count). The van der Waals surface area contributed by atoms with Crippen LogP contribution in [0.25, 0.3) is 11.4 Å². The minimum absolute atomic E-state index is 0.301. The zero-order valence-electron chi connectivity index (χ0n) is 17.7. The summed E-state index contributed by atoms with van der Waals surface area (Å²) in [5, 5.41) is 10.9. The lowest BCUT2D eigenvalue weighted by atomic mass is 10.1. The van der Waals surface area contributed by atoms with Gasteiger partial charge in [0.15, 0.2) is 6.61 Å². The molecule has 0 aliphatic carbocycles. The second-order valence-electron chi connectivity index (χ2n) is 7.35. The average molecular weight is 433 g/mol. The van der Waals surface area contributed by atoms with Gasteiger partial charge >= 0.3 is 5.97 Å². The molecule has 0 unspecified atom stereocenters. The van der Waals surface area contributed by atoms with Crippen molar-refractivity contribution in [3.63, 3.8) is 0 Å². The van der Waals surface area contributed by atoms with Crippen LogP contribution in [0.15, 0.2) is 54.9 Å². The number of nitrogens with zero attached hydrogens (tertiary/aromatic N) is 5. The number of carbonyl (C=O) groups is 2. The Morgan fingerprint density at radius 3 is 2.38 bits per heavy atom. The summed E-state index contributed by atoms with van der Waals surface area (Å²) >= 11 is 0. The van der Waals surface area contributed by atoms with E-state index in [9.17, 15) is 14.0 Å². The lowest BCUT2D eigenvalue weighted by molar-refractivity contribution is 0.0474. The van der Waals surface area contributed by atoms with Crippen LogP contribution in [0, 0.1) is 26.6 Å². The summed E-state index contributed by atoms with van der Waals surface area (Å²) in [5.74, 6) is -1.27. The first-order chi connectivity index (χ1) is 15.3. The molecule has 32 heavy (non-hydrogen) atoms. The third-order valence-corrected chi connectivity index (χ3v) is 5.20. The molecular formula is C23H20FN5O3. The molecular weight excluding hydrogens is 413 g/mol. The van der Waals surface area contributed by atoms with Crippen molar-refractivity contribution < 1.29 is 18.7 Å². The van der Waals surface area contributed by atoms with Crippen LogP contribution in [0.3, 0.4) is 0 Å². The maximum Gasteiger partial charge on any atom is 0.338 e. The molecule has 8 nitrogen and oxygen atoms in total. The summed E-state index contributed by atoms with van der Waals surface area (Å²) in [6, 6.07) is 13.1. The highest BCUT2D eigenvalue weighted by Gasteiger charge is 2.19. The molecule has 0 amide bonds. The smallest absolute Gasteiger partial charge is 0.338 e. The van der Waals surface area contributed by atoms with E-state index < -0.39 is 12.6 Å². The topological polar surface area (TPSA) is 91.9 Å². The Bertz CT molecular complexity index is 1290. The summed E-state index contributed by atoms with van der Waals surface area (Å²) in [7, 11) is 0. The quantitative estimate of drug-likeness (QED) is 0.341. The number of tetrazole rings is 1. The van der Waals surface area contributed by atoms with Crippen LogP contribution in [0.5, 0.6) is 0 Å². The normalized spacial score (nSPS) is 10.9. The van der Waals surface area contributed by atoms with Crippen molar-refractivity contribution in [3.05, 3.63) is 88.8 Å². The molecule has 2 heterocycles. The van der Waals surface area contributed by atoms with Crippen LogP contribution < -0.4 is 0 Å². The summed E-state index contributed by atoms with van der Waals surface area (Å²) in [6.07, 6.45) is 1.44. The molecule has 9 heteroatoms.